The van der Waals surface area contributed by atoms with Gasteiger partial charge in [-0.25, -0.2) is 5.01 Å². The number of nitrogens with one attached hydrogen (secondary N) is 1. The number of aromatic hydroxyl groups is 1. The van der Waals surface area contributed by atoms with E-state index in [9.17, 15) is 14.7 Å². The van der Waals surface area contributed by atoms with Crippen molar-refractivity contribution in [1.82, 2.24) is 10.4 Å². The lowest BCUT2D eigenvalue weighted by Crippen LogP contribution is -2.63. The highest BCUT2D eigenvalue weighted by molar-refractivity contribution is 6.33. The Balaban J connectivity index is 1.72. The highest BCUT2D eigenvalue weighted by Gasteiger charge is 2.48. The molecule has 1 aliphatic heterocycles. The molecule has 1 heterocycles. The maximum atomic E-state index is 12.3. The van der Waals surface area contributed by atoms with Crippen LogP contribution in [0.2, 0.25) is 5.02 Å². The van der Waals surface area contributed by atoms with Gasteiger partial charge >= 0.3 is 0 Å². The number of phenols is 1. The molecular weight excluding hydrogens is 379 g/mol. The Morgan fingerprint density at radius 1 is 1.27 bits per heavy atom. The number of methoxy groups -OCH3 is 1. The highest BCUT2D eigenvalue weighted by Crippen LogP contribution is 2.40. The summed E-state index contributed by atoms with van der Waals surface area (Å²) >= 11 is 12.0. The van der Waals surface area contributed by atoms with E-state index in [1.54, 1.807) is 36.4 Å². The lowest BCUT2D eigenvalue weighted by atomic mass is 9.95. The number of hydrogen-bond acceptors (Lipinski definition) is 4. The predicted octanol–water partition coefficient (Wildman–Crippen LogP) is 2.82. The summed E-state index contributed by atoms with van der Waals surface area (Å²) in [6.07, 6.45) is 0.0967. The third-order valence-electron chi connectivity index (χ3n) is 4.10. The summed E-state index contributed by atoms with van der Waals surface area (Å²) < 4.78 is 5.08. The Hall–Kier alpha value is -2.44. The van der Waals surface area contributed by atoms with Gasteiger partial charge in [-0.15, -0.1) is 11.6 Å². The van der Waals surface area contributed by atoms with Crippen LogP contribution in [-0.2, 0) is 16.0 Å². The molecule has 3 rings (SSSR count). The molecule has 0 aromatic heterocycles. The number of carbonyl (C=O) groups is 2. The third kappa shape index (κ3) is 3.57. The quantitative estimate of drug-likeness (QED) is 0.603. The molecule has 1 aliphatic rings. The SMILES string of the molecule is COc1cc(C2C(Cl)C(=O)N2NC(=O)Cc2ccc(Cl)cc2)ccc1O. The van der Waals surface area contributed by atoms with Crippen molar-refractivity contribution >= 4 is 35.0 Å². The fourth-order valence-electron chi connectivity index (χ4n) is 2.74. The van der Waals surface area contributed by atoms with Gasteiger partial charge in [0.15, 0.2) is 11.5 Å². The Labute approximate surface area is 160 Å². The summed E-state index contributed by atoms with van der Waals surface area (Å²) in [5, 5.41) is 10.7. The molecule has 0 radical (unpaired) electrons. The van der Waals surface area contributed by atoms with Crippen LogP contribution in [0.15, 0.2) is 42.5 Å². The fourth-order valence-corrected chi connectivity index (χ4v) is 3.23. The van der Waals surface area contributed by atoms with Gasteiger partial charge in [0.1, 0.15) is 11.4 Å². The zero-order valence-electron chi connectivity index (χ0n) is 13.8. The van der Waals surface area contributed by atoms with Gasteiger partial charge in [0.05, 0.1) is 13.5 Å². The monoisotopic (exact) mass is 394 g/mol. The number of amides is 2. The maximum Gasteiger partial charge on any atom is 0.262 e. The van der Waals surface area contributed by atoms with Crippen LogP contribution in [0, 0.1) is 0 Å². The molecule has 0 aliphatic carbocycles. The molecule has 0 bridgehead atoms. The van der Waals surface area contributed by atoms with Crippen LogP contribution < -0.4 is 10.2 Å². The summed E-state index contributed by atoms with van der Waals surface area (Å²) in [5.74, 6) is -0.502. The number of rotatable bonds is 5. The van der Waals surface area contributed by atoms with Gasteiger partial charge in [0, 0.05) is 5.02 Å². The lowest BCUT2D eigenvalue weighted by Gasteiger charge is -2.44. The summed E-state index contributed by atoms with van der Waals surface area (Å²) in [4.78, 5) is 24.3. The van der Waals surface area contributed by atoms with E-state index in [2.05, 4.69) is 5.43 Å². The summed E-state index contributed by atoms with van der Waals surface area (Å²) in [6.45, 7) is 0. The number of halogens is 2. The van der Waals surface area contributed by atoms with Crippen LogP contribution in [0.25, 0.3) is 0 Å². The predicted molar refractivity (Wildman–Crippen MR) is 97.2 cm³/mol. The van der Waals surface area contributed by atoms with Crippen molar-refractivity contribution in [2.24, 2.45) is 0 Å². The standard InChI is InChI=1S/C18H16Cl2N2O4/c1-26-14-9-11(4-7-13(14)23)17-16(20)18(25)22(17)21-15(24)8-10-2-5-12(19)6-3-10/h2-7,9,16-17,23H,8H2,1H3,(H,21,24). The number of hydrazine groups is 1. The van der Waals surface area contributed by atoms with Crippen molar-refractivity contribution in [1.29, 1.82) is 0 Å². The van der Waals surface area contributed by atoms with Crippen molar-refractivity contribution in [3.05, 3.63) is 58.6 Å². The molecule has 2 atom stereocenters. The van der Waals surface area contributed by atoms with E-state index >= 15 is 0 Å². The van der Waals surface area contributed by atoms with Gasteiger partial charge in [-0.2, -0.15) is 0 Å². The van der Waals surface area contributed by atoms with Gasteiger partial charge in [-0.1, -0.05) is 29.8 Å². The number of carbonyl (C=O) groups excluding carboxylic acids is 2. The minimum atomic E-state index is -0.805. The first kappa shape index (κ1) is 18.4. The topological polar surface area (TPSA) is 78.9 Å². The van der Waals surface area contributed by atoms with Gasteiger partial charge in [-0.05, 0) is 35.4 Å². The van der Waals surface area contributed by atoms with Crippen LogP contribution in [-0.4, -0.2) is 34.4 Å². The molecule has 8 heteroatoms. The normalized spacial score (nSPS) is 19.0. The molecule has 6 nitrogen and oxygen atoms in total. The third-order valence-corrected chi connectivity index (χ3v) is 4.77. The average Bonchev–Trinajstić information content (AvgIpc) is 2.64. The molecule has 0 saturated carbocycles. The van der Waals surface area contributed by atoms with Crippen molar-refractivity contribution in [3.8, 4) is 11.5 Å². The van der Waals surface area contributed by atoms with Crippen LogP contribution in [0.3, 0.4) is 0 Å². The second-order valence-electron chi connectivity index (χ2n) is 5.82. The molecule has 136 valence electrons. The van der Waals surface area contributed by atoms with Crippen molar-refractivity contribution in [2.45, 2.75) is 17.8 Å². The Morgan fingerprint density at radius 2 is 1.96 bits per heavy atom. The van der Waals surface area contributed by atoms with E-state index < -0.39 is 17.3 Å². The van der Waals surface area contributed by atoms with Crippen LogP contribution in [0.1, 0.15) is 17.2 Å². The Bertz CT molecular complexity index is 842. The van der Waals surface area contributed by atoms with Crippen molar-refractivity contribution < 1.29 is 19.4 Å². The fraction of sp³-hybridized carbons (Fsp3) is 0.222. The van der Waals surface area contributed by atoms with E-state index in [0.29, 0.717) is 10.6 Å². The molecule has 1 fully saturated rings. The van der Waals surface area contributed by atoms with Crippen LogP contribution in [0.5, 0.6) is 11.5 Å². The first-order valence-corrected chi connectivity index (χ1v) is 8.60. The van der Waals surface area contributed by atoms with Crippen molar-refractivity contribution in [3.63, 3.8) is 0 Å². The number of nitrogens with zero attached hydrogens (tertiary/aromatic N) is 1. The van der Waals surface area contributed by atoms with Gasteiger partial charge in [0.2, 0.25) is 5.91 Å². The smallest absolute Gasteiger partial charge is 0.262 e. The molecule has 2 unspecified atom stereocenters. The van der Waals surface area contributed by atoms with Crippen molar-refractivity contribution in [2.75, 3.05) is 7.11 Å². The van der Waals surface area contributed by atoms with E-state index in [-0.39, 0.29) is 23.8 Å². The van der Waals surface area contributed by atoms with Crippen LogP contribution >= 0.6 is 23.2 Å². The molecule has 2 N–H and O–H groups in total. The largest absolute Gasteiger partial charge is 0.504 e. The first-order chi connectivity index (χ1) is 12.4. The first-order valence-electron chi connectivity index (χ1n) is 7.78. The molecular formula is C18H16Cl2N2O4. The molecule has 26 heavy (non-hydrogen) atoms. The Morgan fingerprint density at radius 3 is 2.62 bits per heavy atom. The highest BCUT2D eigenvalue weighted by atomic mass is 35.5. The zero-order valence-corrected chi connectivity index (χ0v) is 15.3. The number of ether oxygens (including phenoxy) is 1. The minimum Gasteiger partial charge on any atom is -0.504 e. The summed E-state index contributed by atoms with van der Waals surface area (Å²) in [5.41, 5.74) is 4.00. The van der Waals surface area contributed by atoms with Gasteiger partial charge in [0.25, 0.3) is 5.91 Å². The van der Waals surface area contributed by atoms with E-state index in [1.807, 2.05) is 0 Å². The van der Waals surface area contributed by atoms with Gasteiger partial charge < -0.3 is 9.84 Å². The summed E-state index contributed by atoms with van der Waals surface area (Å²) in [6, 6.07) is 11.0. The second-order valence-corrected chi connectivity index (χ2v) is 6.73. The average molecular weight is 395 g/mol. The number of benzene rings is 2. The Kier molecular flexibility index (Phi) is 5.25. The number of phenolic OH excluding ortho intramolecular Hbond substituents is 1. The van der Waals surface area contributed by atoms with Gasteiger partial charge in [-0.3, -0.25) is 15.0 Å². The molecule has 2 aromatic rings. The maximum absolute atomic E-state index is 12.3. The lowest BCUT2D eigenvalue weighted by molar-refractivity contribution is -0.156. The molecule has 0 spiro atoms. The zero-order chi connectivity index (χ0) is 18.8. The second kappa shape index (κ2) is 7.43. The molecule has 1 saturated heterocycles. The minimum absolute atomic E-state index is 0.0219. The number of β-lactam (4-membered cyclic amide) rings is 1. The number of alkyl halides is 1. The number of hydrogen-bond donors (Lipinski definition) is 2. The summed E-state index contributed by atoms with van der Waals surface area (Å²) in [7, 11) is 1.43. The molecule has 2 amide bonds. The van der Waals surface area contributed by atoms with E-state index in [1.165, 1.54) is 18.2 Å². The molecule has 2 aromatic carbocycles. The van der Waals surface area contributed by atoms with E-state index in [0.717, 1.165) is 5.56 Å². The van der Waals surface area contributed by atoms with Crippen LogP contribution in [0.4, 0.5) is 0 Å². The van der Waals surface area contributed by atoms with E-state index in [4.69, 9.17) is 27.9 Å².